The smallest absolute Gasteiger partial charge is 0.113 e. The maximum atomic E-state index is 5.44. The molecule has 4 heteroatoms. The predicted octanol–water partition coefficient (Wildman–Crippen LogP) is 1.61. The number of hydrogen-bond donors (Lipinski definition) is 1. The fourth-order valence-electron chi connectivity index (χ4n) is 1.96. The minimum absolute atomic E-state index is 0.0231. The highest BCUT2D eigenvalue weighted by molar-refractivity contribution is 7.09. The molecule has 1 aliphatic heterocycles. The van der Waals surface area contributed by atoms with E-state index >= 15 is 0 Å². The van der Waals surface area contributed by atoms with Gasteiger partial charge in [-0.05, 0) is 20.4 Å². The number of nitrogens with one attached hydrogen (secondary N) is 1. The van der Waals surface area contributed by atoms with Crippen molar-refractivity contribution in [2.75, 3.05) is 20.3 Å². The molecule has 2 heterocycles. The van der Waals surface area contributed by atoms with E-state index in [4.69, 9.17) is 4.74 Å². The third-order valence-electron chi connectivity index (χ3n) is 3.14. The molecule has 3 nitrogen and oxygen atoms in total. The van der Waals surface area contributed by atoms with Crippen LogP contribution in [0.5, 0.6) is 0 Å². The van der Waals surface area contributed by atoms with Crippen molar-refractivity contribution in [2.24, 2.45) is 5.92 Å². The van der Waals surface area contributed by atoms with E-state index in [0.717, 1.165) is 24.6 Å². The molecule has 1 fully saturated rings. The Bertz CT molecular complexity index is 282. The molecule has 0 aromatic carbocycles. The minimum Gasteiger partial charge on any atom is -0.381 e. The van der Waals surface area contributed by atoms with Crippen LogP contribution in [0.4, 0.5) is 0 Å². The summed E-state index contributed by atoms with van der Waals surface area (Å²) >= 11 is 1.71. The van der Waals surface area contributed by atoms with Crippen LogP contribution in [0.2, 0.25) is 0 Å². The van der Waals surface area contributed by atoms with Gasteiger partial charge in [-0.3, -0.25) is 0 Å². The first-order valence-electron chi connectivity index (χ1n) is 4.94. The number of hydrogen-bond acceptors (Lipinski definition) is 4. The number of nitrogens with zero attached hydrogens (tertiary/aromatic N) is 1. The zero-order chi connectivity index (χ0) is 10.0. The molecule has 0 amide bonds. The molecule has 0 radical (unpaired) electrons. The van der Waals surface area contributed by atoms with E-state index in [1.807, 2.05) is 18.6 Å². The maximum absolute atomic E-state index is 5.44. The minimum atomic E-state index is -0.0231. The number of aromatic nitrogens is 1. The highest BCUT2D eigenvalue weighted by atomic mass is 32.1. The number of rotatable bonds is 3. The SMILES string of the molecule is CNC(C)(c1nccs1)C1CCOC1. The van der Waals surface area contributed by atoms with Gasteiger partial charge in [-0.1, -0.05) is 0 Å². The van der Waals surface area contributed by atoms with E-state index < -0.39 is 0 Å². The quantitative estimate of drug-likeness (QED) is 0.826. The van der Waals surface area contributed by atoms with Gasteiger partial charge in [-0.25, -0.2) is 4.98 Å². The molecule has 78 valence electrons. The van der Waals surface area contributed by atoms with Crippen LogP contribution < -0.4 is 5.32 Å². The van der Waals surface area contributed by atoms with Crippen molar-refractivity contribution >= 4 is 11.3 Å². The second-order valence-corrected chi connectivity index (χ2v) is 4.74. The molecule has 1 aromatic heterocycles. The molecule has 14 heavy (non-hydrogen) atoms. The second kappa shape index (κ2) is 3.96. The molecule has 1 N–H and O–H groups in total. The van der Waals surface area contributed by atoms with Crippen LogP contribution in [-0.2, 0) is 10.3 Å². The summed E-state index contributed by atoms with van der Waals surface area (Å²) in [5, 5.41) is 6.58. The largest absolute Gasteiger partial charge is 0.381 e. The molecular formula is C10H16N2OS. The van der Waals surface area contributed by atoms with E-state index in [2.05, 4.69) is 17.2 Å². The van der Waals surface area contributed by atoms with Crippen LogP contribution in [0.3, 0.4) is 0 Å². The van der Waals surface area contributed by atoms with E-state index in [9.17, 15) is 0 Å². The van der Waals surface area contributed by atoms with Crippen molar-refractivity contribution < 1.29 is 4.74 Å². The fourth-order valence-corrected chi connectivity index (χ4v) is 2.84. The Morgan fingerprint density at radius 1 is 1.71 bits per heavy atom. The fraction of sp³-hybridized carbons (Fsp3) is 0.700. The molecule has 0 bridgehead atoms. The normalized spacial score (nSPS) is 26.3. The molecule has 0 spiro atoms. The third kappa shape index (κ3) is 1.58. The lowest BCUT2D eigenvalue weighted by molar-refractivity contribution is 0.156. The average molecular weight is 212 g/mol. The van der Waals surface area contributed by atoms with Crippen LogP contribution in [0, 0.1) is 5.92 Å². The van der Waals surface area contributed by atoms with Crippen molar-refractivity contribution in [1.82, 2.24) is 10.3 Å². The van der Waals surface area contributed by atoms with Gasteiger partial charge in [0.1, 0.15) is 5.01 Å². The summed E-state index contributed by atoms with van der Waals surface area (Å²) < 4.78 is 5.44. The van der Waals surface area contributed by atoms with Gasteiger partial charge in [0.25, 0.3) is 0 Å². The van der Waals surface area contributed by atoms with Crippen LogP contribution in [0.25, 0.3) is 0 Å². The Hall–Kier alpha value is -0.450. The Kier molecular flexibility index (Phi) is 2.85. The van der Waals surface area contributed by atoms with Crippen LogP contribution >= 0.6 is 11.3 Å². The average Bonchev–Trinajstić information content (AvgIpc) is 2.88. The molecule has 2 rings (SSSR count). The lowest BCUT2D eigenvalue weighted by atomic mass is 9.85. The van der Waals surface area contributed by atoms with Crippen molar-refractivity contribution in [3.05, 3.63) is 16.6 Å². The molecule has 2 atom stereocenters. The predicted molar refractivity (Wildman–Crippen MR) is 57.5 cm³/mol. The molecule has 1 aromatic rings. The van der Waals surface area contributed by atoms with Gasteiger partial charge in [0.2, 0.25) is 0 Å². The van der Waals surface area contributed by atoms with Gasteiger partial charge in [0.05, 0.1) is 12.1 Å². The zero-order valence-corrected chi connectivity index (χ0v) is 9.43. The summed E-state index contributed by atoms with van der Waals surface area (Å²) in [4.78, 5) is 4.40. The first-order valence-corrected chi connectivity index (χ1v) is 5.82. The standard InChI is InChI=1S/C10H16N2OS/c1-10(11-2,8-3-5-13-7-8)9-12-4-6-14-9/h4,6,8,11H,3,5,7H2,1-2H3. The monoisotopic (exact) mass is 212 g/mol. The van der Waals surface area contributed by atoms with Crippen LogP contribution in [-0.4, -0.2) is 25.2 Å². The van der Waals surface area contributed by atoms with Gasteiger partial charge in [0.15, 0.2) is 0 Å². The molecular weight excluding hydrogens is 196 g/mol. The van der Waals surface area contributed by atoms with Gasteiger partial charge in [0, 0.05) is 24.1 Å². The summed E-state index contributed by atoms with van der Waals surface area (Å²) in [7, 11) is 2.00. The Morgan fingerprint density at radius 2 is 2.57 bits per heavy atom. The Morgan fingerprint density at radius 3 is 3.07 bits per heavy atom. The molecule has 2 unspecified atom stereocenters. The summed E-state index contributed by atoms with van der Waals surface area (Å²) in [6, 6.07) is 0. The second-order valence-electron chi connectivity index (χ2n) is 3.85. The van der Waals surface area contributed by atoms with Crippen molar-refractivity contribution in [3.8, 4) is 0 Å². The van der Waals surface area contributed by atoms with Gasteiger partial charge in [-0.2, -0.15) is 0 Å². The number of thiazole rings is 1. The first-order chi connectivity index (χ1) is 6.77. The summed E-state index contributed by atoms with van der Waals surface area (Å²) in [6.07, 6.45) is 2.99. The Labute approximate surface area is 88.5 Å². The summed E-state index contributed by atoms with van der Waals surface area (Å²) in [5.74, 6) is 0.540. The van der Waals surface area contributed by atoms with Crippen LogP contribution in [0.15, 0.2) is 11.6 Å². The van der Waals surface area contributed by atoms with E-state index in [-0.39, 0.29) is 5.54 Å². The molecule has 1 aliphatic rings. The maximum Gasteiger partial charge on any atom is 0.113 e. The van der Waals surface area contributed by atoms with Crippen LogP contribution in [0.1, 0.15) is 18.4 Å². The topological polar surface area (TPSA) is 34.2 Å². The van der Waals surface area contributed by atoms with Crippen molar-refractivity contribution in [1.29, 1.82) is 0 Å². The third-order valence-corrected chi connectivity index (χ3v) is 4.15. The molecule has 1 saturated heterocycles. The molecule has 0 saturated carbocycles. The summed E-state index contributed by atoms with van der Waals surface area (Å²) in [5.41, 5.74) is -0.0231. The lowest BCUT2D eigenvalue weighted by Gasteiger charge is -2.32. The zero-order valence-electron chi connectivity index (χ0n) is 8.62. The lowest BCUT2D eigenvalue weighted by Crippen LogP contribution is -2.44. The van der Waals surface area contributed by atoms with E-state index in [1.165, 1.54) is 0 Å². The van der Waals surface area contributed by atoms with Gasteiger partial charge in [-0.15, -0.1) is 11.3 Å². The molecule has 0 aliphatic carbocycles. The number of ether oxygens (including phenoxy) is 1. The first kappa shape index (κ1) is 10.1. The van der Waals surface area contributed by atoms with Crippen molar-refractivity contribution in [2.45, 2.75) is 18.9 Å². The summed E-state index contributed by atoms with van der Waals surface area (Å²) in [6.45, 7) is 3.94. The highest BCUT2D eigenvalue weighted by Gasteiger charge is 2.38. The van der Waals surface area contributed by atoms with Gasteiger partial charge >= 0.3 is 0 Å². The van der Waals surface area contributed by atoms with E-state index in [1.54, 1.807) is 11.3 Å². The van der Waals surface area contributed by atoms with Crippen molar-refractivity contribution in [3.63, 3.8) is 0 Å². The van der Waals surface area contributed by atoms with Gasteiger partial charge < -0.3 is 10.1 Å². The highest BCUT2D eigenvalue weighted by Crippen LogP contribution is 2.35. The Balaban J connectivity index is 2.24. The van der Waals surface area contributed by atoms with E-state index in [0.29, 0.717) is 5.92 Å².